The van der Waals surface area contributed by atoms with Crippen molar-refractivity contribution < 1.29 is 9.90 Å². The van der Waals surface area contributed by atoms with Crippen molar-refractivity contribution >= 4 is 5.91 Å². The van der Waals surface area contributed by atoms with Gasteiger partial charge < -0.3 is 16.2 Å². The number of nitrogens with one attached hydrogen (secondary N) is 1. The van der Waals surface area contributed by atoms with Crippen molar-refractivity contribution in [2.45, 2.75) is 38.2 Å². The summed E-state index contributed by atoms with van der Waals surface area (Å²) in [5.41, 5.74) is 6.23. The van der Waals surface area contributed by atoms with Crippen LogP contribution in [0.15, 0.2) is 30.3 Å². The fraction of sp³-hybridized carbons (Fsp3) is 0.562. The Hall–Kier alpha value is -1.39. The van der Waals surface area contributed by atoms with Gasteiger partial charge in [-0.25, -0.2) is 0 Å². The Kier molecular flexibility index (Phi) is 5.15. The van der Waals surface area contributed by atoms with Crippen molar-refractivity contribution in [2.24, 2.45) is 11.1 Å². The van der Waals surface area contributed by atoms with Crippen LogP contribution in [0.1, 0.15) is 43.8 Å². The molecule has 1 unspecified atom stereocenters. The third kappa shape index (κ3) is 3.38. The number of benzene rings is 1. The van der Waals surface area contributed by atoms with Gasteiger partial charge in [0.15, 0.2) is 0 Å². The van der Waals surface area contributed by atoms with Crippen LogP contribution in [0.3, 0.4) is 0 Å². The van der Waals surface area contributed by atoms with Crippen molar-refractivity contribution in [3.63, 3.8) is 0 Å². The number of aliphatic hydroxyl groups is 1. The molecule has 1 amide bonds. The predicted octanol–water partition coefficient (Wildman–Crippen LogP) is 1.75. The number of amides is 1. The maximum atomic E-state index is 12.4. The first-order valence-corrected chi connectivity index (χ1v) is 7.39. The van der Waals surface area contributed by atoms with Crippen LogP contribution in [-0.4, -0.2) is 24.1 Å². The van der Waals surface area contributed by atoms with Gasteiger partial charge in [-0.3, -0.25) is 4.79 Å². The molecule has 0 heterocycles. The molecule has 2 rings (SSSR count). The van der Waals surface area contributed by atoms with Gasteiger partial charge >= 0.3 is 0 Å². The minimum atomic E-state index is -0.668. The highest BCUT2D eigenvalue weighted by molar-refractivity contribution is 5.83. The maximum Gasteiger partial charge on any atom is 0.227 e. The predicted molar refractivity (Wildman–Crippen MR) is 79.0 cm³/mol. The van der Waals surface area contributed by atoms with E-state index < -0.39 is 11.5 Å². The Balaban J connectivity index is 1.91. The van der Waals surface area contributed by atoms with Crippen LogP contribution in [-0.2, 0) is 4.79 Å². The van der Waals surface area contributed by atoms with Gasteiger partial charge in [-0.05, 0) is 18.4 Å². The fourth-order valence-corrected chi connectivity index (χ4v) is 2.92. The zero-order chi connectivity index (χ0) is 14.4. The summed E-state index contributed by atoms with van der Waals surface area (Å²) in [7, 11) is 0. The molecule has 4 N–H and O–H groups in total. The summed E-state index contributed by atoms with van der Waals surface area (Å²) < 4.78 is 0. The number of carbonyl (C=O) groups excluding carboxylic acids is 1. The zero-order valence-corrected chi connectivity index (χ0v) is 11.8. The third-order valence-corrected chi connectivity index (χ3v) is 4.32. The second-order valence-electron chi connectivity index (χ2n) is 5.68. The van der Waals surface area contributed by atoms with Crippen LogP contribution < -0.4 is 11.1 Å². The zero-order valence-electron chi connectivity index (χ0n) is 11.8. The van der Waals surface area contributed by atoms with E-state index in [0.717, 1.165) is 31.2 Å². The van der Waals surface area contributed by atoms with Gasteiger partial charge in [0.05, 0.1) is 11.5 Å². The highest BCUT2D eigenvalue weighted by Gasteiger charge is 2.38. The molecule has 0 aliphatic heterocycles. The van der Waals surface area contributed by atoms with Gasteiger partial charge in [0.1, 0.15) is 0 Å². The van der Waals surface area contributed by atoms with Gasteiger partial charge in [0, 0.05) is 13.1 Å². The van der Waals surface area contributed by atoms with Crippen molar-refractivity contribution in [3.05, 3.63) is 35.9 Å². The van der Waals surface area contributed by atoms with Gasteiger partial charge in [0.2, 0.25) is 5.91 Å². The molecule has 1 aliphatic carbocycles. The van der Waals surface area contributed by atoms with E-state index in [0.29, 0.717) is 6.54 Å². The van der Waals surface area contributed by atoms with Crippen LogP contribution in [0.2, 0.25) is 0 Å². The van der Waals surface area contributed by atoms with Crippen molar-refractivity contribution in [1.29, 1.82) is 0 Å². The molecule has 0 bridgehead atoms. The van der Waals surface area contributed by atoms with Crippen molar-refractivity contribution in [2.75, 3.05) is 13.1 Å². The largest absolute Gasteiger partial charge is 0.387 e. The first kappa shape index (κ1) is 15.0. The number of aliphatic hydroxyl groups excluding tert-OH is 1. The molecule has 0 spiro atoms. The van der Waals surface area contributed by atoms with Crippen LogP contribution >= 0.6 is 0 Å². The van der Waals surface area contributed by atoms with E-state index in [1.807, 2.05) is 30.3 Å². The van der Waals surface area contributed by atoms with E-state index in [1.54, 1.807) is 0 Å². The summed E-state index contributed by atoms with van der Waals surface area (Å²) >= 11 is 0. The molecule has 0 radical (unpaired) electrons. The first-order valence-electron chi connectivity index (χ1n) is 7.39. The Labute approximate surface area is 120 Å². The standard InChI is InChI=1S/C16H24N2O2/c17-12-16(9-5-2-6-10-16)15(20)18-11-14(19)13-7-3-1-4-8-13/h1,3-4,7-8,14,19H,2,5-6,9-12,17H2,(H,18,20). The Bertz CT molecular complexity index is 427. The molecule has 1 aromatic rings. The van der Waals surface area contributed by atoms with E-state index in [9.17, 15) is 9.90 Å². The molecule has 1 atom stereocenters. The summed E-state index contributed by atoms with van der Waals surface area (Å²) in [5, 5.41) is 13.0. The number of nitrogens with two attached hydrogens (primary N) is 1. The molecule has 20 heavy (non-hydrogen) atoms. The van der Waals surface area contributed by atoms with Gasteiger partial charge in [-0.1, -0.05) is 49.6 Å². The molecule has 1 fully saturated rings. The topological polar surface area (TPSA) is 75.4 Å². The molecular weight excluding hydrogens is 252 g/mol. The minimum Gasteiger partial charge on any atom is -0.387 e. The summed E-state index contributed by atoms with van der Waals surface area (Å²) in [4.78, 5) is 12.4. The lowest BCUT2D eigenvalue weighted by Crippen LogP contribution is -2.48. The van der Waals surface area contributed by atoms with E-state index in [4.69, 9.17) is 5.73 Å². The SMILES string of the molecule is NCC1(C(=O)NCC(O)c2ccccc2)CCCCC1. The average Bonchev–Trinajstić information content (AvgIpc) is 2.53. The fourth-order valence-electron chi connectivity index (χ4n) is 2.92. The lowest BCUT2D eigenvalue weighted by atomic mass is 9.73. The second-order valence-corrected chi connectivity index (χ2v) is 5.68. The van der Waals surface area contributed by atoms with Crippen LogP contribution in [0.4, 0.5) is 0 Å². The number of rotatable bonds is 5. The van der Waals surface area contributed by atoms with Crippen molar-refractivity contribution in [3.8, 4) is 0 Å². The Morgan fingerprint density at radius 2 is 1.90 bits per heavy atom. The van der Waals surface area contributed by atoms with Crippen molar-refractivity contribution in [1.82, 2.24) is 5.32 Å². The van der Waals surface area contributed by atoms with E-state index in [2.05, 4.69) is 5.32 Å². The molecule has 4 nitrogen and oxygen atoms in total. The number of carbonyl (C=O) groups is 1. The number of hydrogen-bond donors (Lipinski definition) is 3. The molecule has 0 aromatic heterocycles. The quantitative estimate of drug-likeness (QED) is 0.767. The van der Waals surface area contributed by atoms with Gasteiger partial charge in [0.25, 0.3) is 0 Å². The monoisotopic (exact) mass is 276 g/mol. The molecular formula is C16H24N2O2. The Morgan fingerprint density at radius 1 is 1.25 bits per heavy atom. The average molecular weight is 276 g/mol. The molecule has 0 saturated heterocycles. The highest BCUT2D eigenvalue weighted by atomic mass is 16.3. The molecule has 110 valence electrons. The van der Waals surface area contributed by atoms with Gasteiger partial charge in [-0.15, -0.1) is 0 Å². The number of hydrogen-bond acceptors (Lipinski definition) is 3. The summed E-state index contributed by atoms with van der Waals surface area (Å²) in [6.07, 6.45) is 4.35. The lowest BCUT2D eigenvalue weighted by molar-refractivity contribution is -0.132. The van der Waals surface area contributed by atoms with E-state index in [-0.39, 0.29) is 12.5 Å². The Morgan fingerprint density at radius 3 is 2.50 bits per heavy atom. The summed E-state index contributed by atoms with van der Waals surface area (Å²) in [5.74, 6) is -0.00492. The smallest absolute Gasteiger partial charge is 0.227 e. The lowest BCUT2D eigenvalue weighted by Gasteiger charge is -2.34. The van der Waals surface area contributed by atoms with E-state index in [1.165, 1.54) is 6.42 Å². The molecule has 1 aliphatic rings. The molecule has 4 heteroatoms. The van der Waals surface area contributed by atoms with Crippen LogP contribution in [0.5, 0.6) is 0 Å². The van der Waals surface area contributed by atoms with Crippen LogP contribution in [0.25, 0.3) is 0 Å². The van der Waals surface area contributed by atoms with E-state index >= 15 is 0 Å². The maximum absolute atomic E-state index is 12.4. The summed E-state index contributed by atoms with van der Waals surface area (Å²) in [6.45, 7) is 0.630. The normalized spacial score (nSPS) is 19.3. The minimum absolute atomic E-state index is 0.00492. The summed E-state index contributed by atoms with van der Waals surface area (Å²) in [6, 6.07) is 9.37. The van der Waals surface area contributed by atoms with Crippen LogP contribution in [0, 0.1) is 5.41 Å². The third-order valence-electron chi connectivity index (χ3n) is 4.32. The van der Waals surface area contributed by atoms with Gasteiger partial charge in [-0.2, -0.15) is 0 Å². The molecule has 1 aromatic carbocycles. The first-order chi connectivity index (χ1) is 9.68. The second kappa shape index (κ2) is 6.86. The highest BCUT2D eigenvalue weighted by Crippen LogP contribution is 2.35. The molecule has 1 saturated carbocycles.